The van der Waals surface area contributed by atoms with Crippen LogP contribution in [0.25, 0.3) is 0 Å². The molecule has 0 saturated carbocycles. The molecule has 0 aromatic heterocycles. The number of carbonyl (C=O) groups is 4. The monoisotopic (exact) mass is 523 g/mol. The lowest BCUT2D eigenvalue weighted by Crippen LogP contribution is -2.36. The molecule has 0 heterocycles. The molecule has 1 aromatic rings. The van der Waals surface area contributed by atoms with Crippen LogP contribution in [0, 0.1) is 10.8 Å². The summed E-state index contributed by atoms with van der Waals surface area (Å²) in [6.45, 7) is 13.9. The van der Waals surface area contributed by atoms with Gasteiger partial charge in [0.05, 0.1) is 17.4 Å². The first kappa shape index (κ1) is 31.9. The lowest BCUT2D eigenvalue weighted by molar-refractivity contribution is -0.148. The van der Waals surface area contributed by atoms with E-state index in [1.54, 1.807) is 47.6 Å². The Balaban J connectivity index is 3.02. The molecular weight excluding hydrogens is 482 g/mol. The zero-order valence-corrected chi connectivity index (χ0v) is 23.2. The number of nitrogens with two attached hydrogens (primary N) is 1. The van der Waals surface area contributed by atoms with Gasteiger partial charge in [0.25, 0.3) is 0 Å². The van der Waals surface area contributed by atoms with E-state index in [9.17, 15) is 19.2 Å². The quantitative estimate of drug-likeness (QED) is 0.293. The summed E-state index contributed by atoms with van der Waals surface area (Å²) in [7, 11) is 0. The summed E-state index contributed by atoms with van der Waals surface area (Å²) >= 11 is 0. The normalized spacial score (nSPS) is 13.2. The van der Waals surface area contributed by atoms with E-state index in [1.807, 2.05) is 13.8 Å². The number of esters is 3. The average Bonchev–Trinajstić information content (AvgIpc) is 2.83. The van der Waals surface area contributed by atoms with Crippen LogP contribution in [0.2, 0.25) is 0 Å². The summed E-state index contributed by atoms with van der Waals surface area (Å²) in [5, 5.41) is 0. The molecule has 0 amide bonds. The number of hydrogen-bond acceptors (Lipinski definition) is 10. The van der Waals surface area contributed by atoms with Gasteiger partial charge in [-0.3, -0.25) is 14.4 Å². The highest BCUT2D eigenvalue weighted by Crippen LogP contribution is 2.34. The predicted molar refractivity (Wildman–Crippen MR) is 136 cm³/mol. The number of hydrogen-bond donors (Lipinski definition) is 1. The topological polar surface area (TPSA) is 140 Å². The summed E-state index contributed by atoms with van der Waals surface area (Å²) < 4.78 is 26.0. The molecule has 37 heavy (non-hydrogen) atoms. The van der Waals surface area contributed by atoms with Crippen molar-refractivity contribution >= 4 is 24.1 Å². The second kappa shape index (κ2) is 14.0. The second-order valence-electron chi connectivity index (χ2n) is 10.1. The highest BCUT2D eigenvalue weighted by atomic mass is 16.7. The van der Waals surface area contributed by atoms with Gasteiger partial charge in [0.2, 0.25) is 0 Å². The molecule has 0 aliphatic carbocycles. The Bertz CT molecular complexity index is 955. The summed E-state index contributed by atoms with van der Waals surface area (Å²) in [4.78, 5) is 49.1. The van der Waals surface area contributed by atoms with Crippen molar-refractivity contribution in [2.24, 2.45) is 16.6 Å². The fourth-order valence-corrected chi connectivity index (χ4v) is 2.60. The minimum atomic E-state index is -1.04. The molecule has 0 aliphatic rings. The number of carbonyl (C=O) groups excluding carboxylic acids is 4. The van der Waals surface area contributed by atoms with Gasteiger partial charge in [-0.1, -0.05) is 19.9 Å². The maximum atomic E-state index is 12.8. The van der Waals surface area contributed by atoms with Gasteiger partial charge in [-0.05, 0) is 78.5 Å². The average molecular weight is 524 g/mol. The van der Waals surface area contributed by atoms with Crippen LogP contribution in [0.5, 0.6) is 11.5 Å². The summed E-state index contributed by atoms with van der Waals surface area (Å²) in [6, 6.07) is 3.61. The Morgan fingerprint density at radius 1 is 0.865 bits per heavy atom. The van der Waals surface area contributed by atoms with Crippen LogP contribution in [0.4, 0.5) is 4.79 Å². The third-order valence-electron chi connectivity index (χ3n) is 6.06. The van der Waals surface area contributed by atoms with Crippen LogP contribution in [0.15, 0.2) is 18.2 Å². The third-order valence-corrected chi connectivity index (χ3v) is 6.06. The van der Waals surface area contributed by atoms with Gasteiger partial charge in [-0.25, -0.2) is 4.79 Å². The molecule has 0 spiro atoms. The van der Waals surface area contributed by atoms with Gasteiger partial charge in [0.15, 0.2) is 11.5 Å². The summed E-state index contributed by atoms with van der Waals surface area (Å²) in [5.41, 5.74) is 5.09. The molecule has 208 valence electrons. The van der Waals surface area contributed by atoms with Crippen molar-refractivity contribution in [1.29, 1.82) is 0 Å². The molecule has 0 unspecified atom stereocenters. The van der Waals surface area contributed by atoms with Crippen molar-refractivity contribution in [3.8, 4) is 11.5 Å². The largest absolute Gasteiger partial charge is 0.508 e. The molecule has 0 radical (unpaired) electrons. The van der Waals surface area contributed by atoms with Crippen molar-refractivity contribution in [2.75, 3.05) is 13.2 Å². The van der Waals surface area contributed by atoms with E-state index in [-0.39, 0.29) is 31.1 Å². The van der Waals surface area contributed by atoms with Crippen molar-refractivity contribution in [1.82, 2.24) is 0 Å². The Kier molecular flexibility index (Phi) is 12.0. The molecule has 10 heteroatoms. The Hall–Kier alpha value is -3.14. The van der Waals surface area contributed by atoms with E-state index < -0.39 is 47.0 Å². The van der Waals surface area contributed by atoms with Crippen LogP contribution < -0.4 is 15.2 Å². The molecule has 0 fully saturated rings. The van der Waals surface area contributed by atoms with Gasteiger partial charge in [0.1, 0.15) is 18.8 Å². The van der Waals surface area contributed by atoms with Crippen LogP contribution in [0.3, 0.4) is 0 Å². The second-order valence-corrected chi connectivity index (χ2v) is 10.1. The zero-order chi connectivity index (χ0) is 28.4. The SMILES string of the molecule is CCOC(=O)O[C@@H](C)COC(=O)[C@@H](N)Cc1ccc(OC(=O)C(C)(C)CC)c(OC(=O)C(C)(C)CC)c1. The molecule has 0 bridgehead atoms. The Labute approximate surface area is 219 Å². The van der Waals surface area contributed by atoms with Crippen molar-refractivity contribution in [3.63, 3.8) is 0 Å². The molecule has 2 N–H and O–H groups in total. The van der Waals surface area contributed by atoms with Gasteiger partial charge < -0.3 is 29.4 Å². The predicted octanol–water partition coefficient (Wildman–Crippen LogP) is 4.34. The molecular formula is C27H41NO9. The third kappa shape index (κ3) is 10.0. The van der Waals surface area contributed by atoms with Gasteiger partial charge in [-0.2, -0.15) is 0 Å². The lowest BCUT2D eigenvalue weighted by atomic mass is 9.90. The van der Waals surface area contributed by atoms with Crippen LogP contribution in [-0.4, -0.2) is 49.4 Å². The van der Waals surface area contributed by atoms with Crippen molar-refractivity contribution in [3.05, 3.63) is 23.8 Å². The Morgan fingerprint density at radius 2 is 1.41 bits per heavy atom. The van der Waals surface area contributed by atoms with E-state index in [0.717, 1.165) is 0 Å². The smallest absolute Gasteiger partial charge is 0.461 e. The van der Waals surface area contributed by atoms with Gasteiger partial charge >= 0.3 is 24.1 Å². The fraction of sp³-hybridized carbons (Fsp3) is 0.630. The van der Waals surface area contributed by atoms with Crippen LogP contribution in [-0.2, 0) is 35.0 Å². The molecule has 0 saturated heterocycles. The minimum absolute atomic E-state index is 0.0568. The minimum Gasteiger partial charge on any atom is -0.461 e. The van der Waals surface area contributed by atoms with E-state index in [4.69, 9.17) is 24.7 Å². The highest BCUT2D eigenvalue weighted by Gasteiger charge is 2.31. The maximum Gasteiger partial charge on any atom is 0.508 e. The zero-order valence-electron chi connectivity index (χ0n) is 23.2. The highest BCUT2D eigenvalue weighted by molar-refractivity contribution is 5.81. The van der Waals surface area contributed by atoms with Crippen LogP contribution >= 0.6 is 0 Å². The summed E-state index contributed by atoms with van der Waals surface area (Å²) in [6.07, 6.45) is -0.417. The molecule has 10 nitrogen and oxygen atoms in total. The molecule has 1 rings (SSSR count). The van der Waals surface area contributed by atoms with E-state index in [0.29, 0.717) is 18.4 Å². The Morgan fingerprint density at radius 3 is 1.92 bits per heavy atom. The van der Waals surface area contributed by atoms with Gasteiger partial charge in [-0.15, -0.1) is 0 Å². The number of rotatable bonds is 13. The van der Waals surface area contributed by atoms with Gasteiger partial charge in [0, 0.05) is 0 Å². The van der Waals surface area contributed by atoms with E-state index >= 15 is 0 Å². The lowest BCUT2D eigenvalue weighted by Gasteiger charge is -2.23. The van der Waals surface area contributed by atoms with Crippen molar-refractivity contribution < 1.29 is 42.9 Å². The standard InChI is InChI=1S/C27H41NO9/c1-9-26(5,6)23(30)36-20-13-12-18(15-21(20)37-24(31)27(7,8)10-2)14-19(28)22(29)34-16-17(4)35-25(32)33-11-3/h12-13,15,17,19H,9-11,14,16,28H2,1-8H3/t17-,19-/m0/s1. The fourth-order valence-electron chi connectivity index (χ4n) is 2.60. The van der Waals surface area contributed by atoms with Crippen molar-refractivity contribution in [2.45, 2.75) is 86.8 Å². The van der Waals surface area contributed by atoms with Crippen LogP contribution in [0.1, 0.15) is 73.8 Å². The number of ether oxygens (including phenoxy) is 5. The van der Waals surface area contributed by atoms with E-state index in [2.05, 4.69) is 4.74 Å². The molecule has 2 atom stereocenters. The summed E-state index contributed by atoms with van der Waals surface area (Å²) in [5.74, 6) is -1.50. The number of benzene rings is 1. The first-order chi connectivity index (χ1) is 17.2. The molecule has 1 aromatic carbocycles. The van der Waals surface area contributed by atoms with E-state index in [1.165, 1.54) is 12.1 Å². The molecule has 0 aliphatic heterocycles. The maximum absolute atomic E-state index is 12.8. The first-order valence-electron chi connectivity index (χ1n) is 12.5. The first-order valence-corrected chi connectivity index (χ1v) is 12.5.